The van der Waals surface area contributed by atoms with Crippen molar-refractivity contribution < 1.29 is 19.9 Å². The molecule has 0 bridgehead atoms. The second-order valence-electron chi connectivity index (χ2n) is 8.05. The molecule has 2 amide bonds. The second-order valence-corrected chi connectivity index (χ2v) is 8.05. The van der Waals surface area contributed by atoms with E-state index in [4.69, 9.17) is 5.21 Å². The third-order valence-corrected chi connectivity index (χ3v) is 5.71. The number of carbonyl (C=O) groups is 2. The smallest absolute Gasteiger partial charge is 0.244 e. The van der Waals surface area contributed by atoms with Gasteiger partial charge in [0.25, 0.3) is 0 Å². The lowest BCUT2D eigenvalue weighted by Crippen LogP contribution is -2.37. The molecule has 3 aromatic carbocycles. The zero-order chi connectivity index (χ0) is 23.5. The lowest BCUT2D eigenvalue weighted by atomic mass is 9.94. The van der Waals surface area contributed by atoms with Gasteiger partial charge in [-0.1, -0.05) is 84.9 Å². The van der Waals surface area contributed by atoms with Crippen molar-refractivity contribution in [1.29, 1.82) is 0 Å². The van der Waals surface area contributed by atoms with Crippen LogP contribution in [0, 0.1) is 5.92 Å². The Kier molecular flexibility index (Phi) is 9.18. The molecule has 0 saturated heterocycles. The Labute approximate surface area is 194 Å². The van der Waals surface area contributed by atoms with Crippen LogP contribution in [-0.2, 0) is 16.0 Å². The maximum Gasteiger partial charge on any atom is 0.244 e. The minimum Gasteiger partial charge on any atom is -0.394 e. The predicted molar refractivity (Wildman–Crippen MR) is 127 cm³/mol. The van der Waals surface area contributed by atoms with Crippen molar-refractivity contribution >= 4 is 11.8 Å². The van der Waals surface area contributed by atoms with E-state index in [-0.39, 0.29) is 18.9 Å². The highest BCUT2D eigenvalue weighted by atomic mass is 16.5. The molecule has 0 fully saturated rings. The molecular weight excluding hydrogens is 416 g/mol. The monoisotopic (exact) mass is 446 g/mol. The molecule has 33 heavy (non-hydrogen) atoms. The Morgan fingerprint density at radius 2 is 1.42 bits per heavy atom. The van der Waals surface area contributed by atoms with Crippen molar-refractivity contribution in [2.75, 3.05) is 6.61 Å². The molecule has 0 aliphatic rings. The van der Waals surface area contributed by atoms with Gasteiger partial charge in [-0.05, 0) is 41.5 Å². The second kappa shape index (κ2) is 12.5. The van der Waals surface area contributed by atoms with Crippen LogP contribution in [-0.4, -0.2) is 28.7 Å². The normalized spacial score (nSPS) is 12.5. The lowest BCUT2D eigenvalue weighted by molar-refractivity contribution is -0.135. The SMILES string of the molecule is O=C(C[C@@H](CCCc1ccc(-c2ccccc2)cc1)C(=O)N[C@H](CO)c1ccccc1)NO. The third-order valence-electron chi connectivity index (χ3n) is 5.71. The van der Waals surface area contributed by atoms with Crippen LogP contribution in [0.2, 0.25) is 0 Å². The molecule has 0 saturated carbocycles. The van der Waals surface area contributed by atoms with Gasteiger partial charge in [0, 0.05) is 12.3 Å². The molecule has 0 aliphatic heterocycles. The average Bonchev–Trinajstić information content (AvgIpc) is 2.87. The molecule has 0 spiro atoms. The summed E-state index contributed by atoms with van der Waals surface area (Å²) in [5, 5.41) is 21.5. The number of rotatable bonds is 11. The van der Waals surface area contributed by atoms with E-state index in [9.17, 15) is 14.7 Å². The molecule has 3 aromatic rings. The number of aliphatic hydroxyl groups excluding tert-OH is 1. The number of aliphatic hydroxyl groups is 1. The van der Waals surface area contributed by atoms with Crippen LogP contribution in [0.1, 0.15) is 36.4 Å². The van der Waals surface area contributed by atoms with Gasteiger partial charge in [0.1, 0.15) is 0 Å². The largest absolute Gasteiger partial charge is 0.394 e. The number of aryl methyl sites for hydroxylation is 1. The van der Waals surface area contributed by atoms with E-state index in [0.29, 0.717) is 12.8 Å². The van der Waals surface area contributed by atoms with Crippen molar-refractivity contribution in [1.82, 2.24) is 10.8 Å². The standard InChI is InChI=1S/C27H30N2O4/c30-19-25(23-11-5-2-6-12-23)28-27(32)24(18-26(31)29-33)13-7-8-20-14-16-22(17-15-20)21-9-3-1-4-10-21/h1-6,9-12,14-17,24-25,30,33H,7-8,13,18-19H2,(H,28,32)(H,29,31)/t24-,25-/m1/s1. The van der Waals surface area contributed by atoms with Crippen molar-refractivity contribution in [3.63, 3.8) is 0 Å². The van der Waals surface area contributed by atoms with Crippen LogP contribution in [0.15, 0.2) is 84.9 Å². The molecule has 0 aromatic heterocycles. The summed E-state index contributed by atoms with van der Waals surface area (Å²) >= 11 is 0. The first kappa shape index (κ1) is 24.2. The van der Waals surface area contributed by atoms with Crippen molar-refractivity contribution in [3.05, 3.63) is 96.1 Å². The van der Waals surface area contributed by atoms with E-state index in [2.05, 4.69) is 41.7 Å². The van der Waals surface area contributed by atoms with Crippen LogP contribution >= 0.6 is 0 Å². The quantitative estimate of drug-likeness (QED) is 0.264. The molecule has 0 aliphatic carbocycles. The third kappa shape index (κ3) is 7.27. The van der Waals surface area contributed by atoms with Crippen LogP contribution in [0.3, 0.4) is 0 Å². The van der Waals surface area contributed by atoms with Crippen LogP contribution < -0.4 is 10.8 Å². The van der Waals surface area contributed by atoms with Gasteiger partial charge in [-0.3, -0.25) is 14.8 Å². The summed E-state index contributed by atoms with van der Waals surface area (Å²) < 4.78 is 0. The van der Waals surface area contributed by atoms with Crippen LogP contribution in [0.5, 0.6) is 0 Å². The van der Waals surface area contributed by atoms with Gasteiger partial charge in [-0.15, -0.1) is 0 Å². The average molecular weight is 447 g/mol. The zero-order valence-corrected chi connectivity index (χ0v) is 18.5. The molecule has 0 unspecified atom stereocenters. The summed E-state index contributed by atoms with van der Waals surface area (Å²) in [5.74, 6) is -1.54. The summed E-state index contributed by atoms with van der Waals surface area (Å²) in [5.41, 5.74) is 5.86. The summed E-state index contributed by atoms with van der Waals surface area (Å²) in [4.78, 5) is 24.7. The first-order valence-corrected chi connectivity index (χ1v) is 11.1. The number of nitrogens with one attached hydrogen (secondary N) is 2. The number of benzene rings is 3. The summed E-state index contributed by atoms with van der Waals surface area (Å²) in [6.07, 6.45) is 1.83. The number of amides is 2. The molecular formula is C27H30N2O4. The Hall–Kier alpha value is -3.48. The highest BCUT2D eigenvalue weighted by Gasteiger charge is 2.24. The van der Waals surface area contributed by atoms with Gasteiger partial charge >= 0.3 is 0 Å². The maximum absolute atomic E-state index is 12.9. The van der Waals surface area contributed by atoms with Crippen molar-refractivity contribution in [2.24, 2.45) is 5.92 Å². The van der Waals surface area contributed by atoms with Gasteiger partial charge in [0.15, 0.2) is 0 Å². The highest BCUT2D eigenvalue weighted by molar-refractivity contribution is 5.85. The van der Waals surface area contributed by atoms with Crippen molar-refractivity contribution in [3.8, 4) is 11.1 Å². The van der Waals surface area contributed by atoms with E-state index in [1.165, 1.54) is 0 Å². The van der Waals surface area contributed by atoms with E-state index >= 15 is 0 Å². The molecule has 0 radical (unpaired) electrons. The highest BCUT2D eigenvalue weighted by Crippen LogP contribution is 2.21. The van der Waals surface area contributed by atoms with E-state index in [1.54, 1.807) is 5.48 Å². The lowest BCUT2D eigenvalue weighted by Gasteiger charge is -2.21. The Balaban J connectivity index is 1.59. The molecule has 4 N–H and O–H groups in total. The minimum absolute atomic E-state index is 0.123. The molecule has 6 heteroatoms. The summed E-state index contributed by atoms with van der Waals surface area (Å²) in [7, 11) is 0. The number of carbonyl (C=O) groups excluding carboxylic acids is 2. The zero-order valence-electron chi connectivity index (χ0n) is 18.5. The minimum atomic E-state index is -0.612. The topological polar surface area (TPSA) is 98.7 Å². The fourth-order valence-electron chi connectivity index (χ4n) is 3.85. The molecule has 3 rings (SSSR count). The van der Waals surface area contributed by atoms with Gasteiger partial charge in [-0.2, -0.15) is 0 Å². The van der Waals surface area contributed by atoms with E-state index in [1.807, 2.05) is 48.5 Å². The Bertz CT molecular complexity index is 1010. The van der Waals surface area contributed by atoms with Crippen LogP contribution in [0.4, 0.5) is 0 Å². The molecule has 0 heterocycles. The van der Waals surface area contributed by atoms with Crippen molar-refractivity contribution in [2.45, 2.75) is 31.7 Å². The first-order valence-electron chi connectivity index (χ1n) is 11.1. The van der Waals surface area contributed by atoms with Gasteiger partial charge < -0.3 is 10.4 Å². The Morgan fingerprint density at radius 3 is 2.03 bits per heavy atom. The van der Waals surface area contributed by atoms with E-state index < -0.39 is 17.9 Å². The van der Waals surface area contributed by atoms with E-state index in [0.717, 1.165) is 28.7 Å². The fourth-order valence-corrected chi connectivity index (χ4v) is 3.85. The number of hydrogen-bond acceptors (Lipinski definition) is 4. The molecule has 172 valence electrons. The summed E-state index contributed by atoms with van der Waals surface area (Å²) in [6.45, 7) is -0.248. The number of hydrogen-bond donors (Lipinski definition) is 4. The predicted octanol–water partition coefficient (Wildman–Crippen LogP) is 4.04. The fraction of sp³-hybridized carbons (Fsp3) is 0.259. The summed E-state index contributed by atoms with van der Waals surface area (Å²) in [6, 6.07) is 27.1. The van der Waals surface area contributed by atoms with Gasteiger partial charge in [0.05, 0.1) is 12.6 Å². The van der Waals surface area contributed by atoms with Gasteiger partial charge in [0.2, 0.25) is 11.8 Å². The molecule has 2 atom stereocenters. The van der Waals surface area contributed by atoms with Gasteiger partial charge in [-0.25, -0.2) is 5.48 Å². The Morgan fingerprint density at radius 1 is 0.818 bits per heavy atom. The maximum atomic E-state index is 12.9. The first-order chi connectivity index (χ1) is 16.1. The molecule has 6 nitrogen and oxygen atoms in total. The van der Waals surface area contributed by atoms with Crippen LogP contribution in [0.25, 0.3) is 11.1 Å². The number of hydroxylamine groups is 1.